The second-order valence-corrected chi connectivity index (χ2v) is 116. The van der Waals surface area contributed by atoms with Crippen LogP contribution in [0, 0.1) is 0 Å². The van der Waals surface area contributed by atoms with E-state index in [1.807, 2.05) is 0 Å². The summed E-state index contributed by atoms with van der Waals surface area (Å²) in [5.74, 6) is 0. The van der Waals surface area contributed by atoms with E-state index < -0.39 is 0 Å². The normalized spacial score (nSPS) is 12.8. The molecule has 0 spiro atoms. The second-order valence-electron chi connectivity index (χ2n) is 1.50. The first-order valence-corrected chi connectivity index (χ1v) is 12.4. The van der Waals surface area contributed by atoms with E-state index in [-0.39, 0.29) is 0 Å². The van der Waals surface area contributed by atoms with E-state index in [1.165, 1.54) is 99.9 Å². The number of hydrogen-bond acceptors (Lipinski definition) is 0. The van der Waals surface area contributed by atoms with Gasteiger partial charge in [-0.25, -0.2) is 0 Å². The summed E-state index contributed by atoms with van der Waals surface area (Å²) >= 11 is 4.86. The average Bonchev–Trinajstić information content (AvgIpc) is 0.722. The van der Waals surface area contributed by atoms with E-state index in [4.69, 9.17) is 0 Å². The number of rotatable bonds is 0. The molecule has 0 saturated carbocycles. The van der Waals surface area contributed by atoms with Crippen LogP contribution in [0.15, 0.2) is 0 Å². The molecule has 0 N–H and O–H groups in total. The van der Waals surface area contributed by atoms with E-state index >= 15 is 0 Å². The summed E-state index contributed by atoms with van der Waals surface area (Å²) in [7, 11) is 0. The Labute approximate surface area is 97.1 Å². The summed E-state index contributed by atoms with van der Waals surface area (Å²) in [5.41, 5.74) is 0. The molecule has 0 aliphatic carbocycles. The fourth-order valence-corrected chi connectivity index (χ4v) is 0. The zero-order valence-corrected chi connectivity index (χ0v) is 25.3. The van der Waals surface area contributed by atoms with Crippen molar-refractivity contribution in [3.8, 4) is 0 Å². The molecule has 0 aromatic rings. The van der Waals surface area contributed by atoms with Gasteiger partial charge in [-0.3, -0.25) is 0 Å². The molecule has 0 amide bonds. The van der Waals surface area contributed by atoms with Crippen LogP contribution in [0.3, 0.4) is 0 Å². The van der Waals surface area contributed by atoms with Crippen molar-refractivity contribution in [2.75, 3.05) is 0 Å². The van der Waals surface area contributed by atoms with Crippen LogP contribution >= 0.6 is 0 Å². The molecule has 0 unspecified atom stereocenters. The van der Waals surface area contributed by atoms with Gasteiger partial charge < -0.3 is 0 Å². The molecule has 4 heteroatoms. The molecule has 0 radical (unpaired) electrons. The zero-order chi connectivity index (χ0) is 4.50. The average molecular weight is 814 g/mol. The molecule has 0 rings (SSSR count). The molecule has 0 aliphatic rings. The van der Waals surface area contributed by atoms with Gasteiger partial charge in [0.1, 0.15) is 0 Å². The molecular formula is CHg4. The molecule has 0 saturated heterocycles. The third-order valence-electron chi connectivity index (χ3n) is 0. The summed E-state index contributed by atoms with van der Waals surface area (Å²) in [6.45, 7) is 0. The Morgan fingerprint density at radius 3 is 0.800 bits per heavy atom. The van der Waals surface area contributed by atoms with Gasteiger partial charge in [0.05, 0.1) is 0 Å². The Kier molecular flexibility index (Phi) is 6.48. The number of hydrogen-bond donors (Lipinski definition) is 0. The first kappa shape index (κ1) is 8.74. The molecule has 5 heavy (non-hydrogen) atoms. The van der Waals surface area contributed by atoms with E-state index in [0.29, 0.717) is 0 Å². The quantitative estimate of drug-likeness (QED) is 0.308. The SMILES string of the molecule is [Hg][C]([Hg])([Hg])[Hg]. The van der Waals surface area contributed by atoms with Crippen LogP contribution < -0.4 is 0 Å². The minimum absolute atomic E-state index is 1.22. The van der Waals surface area contributed by atoms with E-state index in [0.717, 1.165) is 0 Å². The van der Waals surface area contributed by atoms with Crippen molar-refractivity contribution < 1.29 is 104 Å². The van der Waals surface area contributed by atoms with E-state index in [2.05, 4.69) is 0 Å². The monoisotopic (exact) mass is 820 g/mol. The molecule has 12 valence electrons. The summed E-state index contributed by atoms with van der Waals surface area (Å²) in [6.07, 6.45) is 0. The first-order valence-electron chi connectivity index (χ1n) is 1.41. The molecular weight excluding hydrogens is 814 g/mol. The van der Waals surface area contributed by atoms with Crippen molar-refractivity contribution >= 4 is 0 Å². The predicted molar refractivity (Wildman–Crippen MR) is 2.69 cm³/mol. The molecule has 0 fully saturated rings. The molecule has 0 aliphatic heterocycles. The zero-order valence-electron chi connectivity index (χ0n) is 3.33. The molecule has 0 nitrogen and oxygen atoms in total. The fourth-order valence-electron chi connectivity index (χ4n) is 0. The van der Waals surface area contributed by atoms with Gasteiger partial charge >= 0.3 is 99.9 Å². The third-order valence-corrected chi connectivity index (χ3v) is 0. The van der Waals surface area contributed by atoms with Crippen molar-refractivity contribution in [2.45, 2.75) is -4.55 Å². The van der Waals surface area contributed by atoms with E-state index in [9.17, 15) is 0 Å². The van der Waals surface area contributed by atoms with Gasteiger partial charge in [-0.2, -0.15) is 0 Å². The first-order chi connectivity index (χ1) is 2.00. The van der Waals surface area contributed by atoms with Gasteiger partial charge in [0.15, 0.2) is 0 Å². The maximum absolute atomic E-state index is 1.28. The fraction of sp³-hybridized carbons (Fsp3) is 1.00. The summed E-state index contributed by atoms with van der Waals surface area (Å²) < 4.78 is 1.28. The van der Waals surface area contributed by atoms with Crippen molar-refractivity contribution in [1.29, 1.82) is 0 Å². The molecule has 0 atom stereocenters. The van der Waals surface area contributed by atoms with Gasteiger partial charge in [0.25, 0.3) is 0 Å². The maximum atomic E-state index is 1.28. The van der Waals surface area contributed by atoms with Crippen LogP contribution in [0.1, 0.15) is 0 Å². The third kappa shape index (κ3) is 18.2. The predicted octanol–water partition coefficient (Wildman–Crippen LogP) is 0.205. The van der Waals surface area contributed by atoms with Crippen molar-refractivity contribution in [3.05, 3.63) is 0 Å². The van der Waals surface area contributed by atoms with Crippen molar-refractivity contribution in [2.24, 2.45) is 0 Å². The van der Waals surface area contributed by atoms with Crippen molar-refractivity contribution in [1.82, 2.24) is 0 Å². The van der Waals surface area contributed by atoms with Gasteiger partial charge in [-0.15, -0.1) is 0 Å². The Balaban J connectivity index is 3.02. The van der Waals surface area contributed by atoms with Crippen molar-refractivity contribution in [3.63, 3.8) is 0 Å². The second kappa shape index (κ2) is 3.71. The van der Waals surface area contributed by atoms with Gasteiger partial charge in [-0.1, -0.05) is 0 Å². The van der Waals surface area contributed by atoms with Crippen LogP contribution in [-0.2, 0) is 104 Å². The molecule has 0 aromatic heterocycles. The standard InChI is InChI=1S/C.4Hg. The Hall–Kier alpha value is 3.74. The summed E-state index contributed by atoms with van der Waals surface area (Å²) in [5, 5.41) is 0. The Bertz CT molecular complexity index is 19.1. The van der Waals surface area contributed by atoms with Gasteiger partial charge in [0, 0.05) is 0 Å². The topological polar surface area (TPSA) is 0 Å². The molecule has 0 bridgehead atoms. The van der Waals surface area contributed by atoms with Gasteiger partial charge in [-0.05, 0) is 0 Å². The van der Waals surface area contributed by atoms with Crippen LogP contribution in [0.25, 0.3) is 0 Å². The minimum atomic E-state index is 1.22. The molecule has 0 heterocycles. The van der Waals surface area contributed by atoms with Gasteiger partial charge in [0.2, 0.25) is 0 Å². The summed E-state index contributed by atoms with van der Waals surface area (Å²) in [6, 6.07) is 0. The van der Waals surface area contributed by atoms with Crippen LogP contribution in [0.5, 0.6) is 0 Å². The van der Waals surface area contributed by atoms with Crippen LogP contribution in [-0.4, -0.2) is 0 Å². The Morgan fingerprint density at radius 2 is 0.800 bits per heavy atom. The van der Waals surface area contributed by atoms with Crippen LogP contribution in [0.4, 0.5) is 0 Å². The van der Waals surface area contributed by atoms with E-state index in [1.54, 1.807) is 0 Å². The molecule has 0 aromatic carbocycles. The van der Waals surface area contributed by atoms with Crippen LogP contribution in [0.2, 0.25) is -4.55 Å². The Morgan fingerprint density at radius 1 is 0.800 bits per heavy atom. The summed E-state index contributed by atoms with van der Waals surface area (Å²) in [4.78, 5) is 0.